The number of benzene rings is 2. The van der Waals surface area contributed by atoms with Gasteiger partial charge in [0.2, 0.25) is 0 Å². The van der Waals surface area contributed by atoms with E-state index >= 15 is 0 Å². The molecule has 2 aromatic carbocycles. The van der Waals surface area contributed by atoms with E-state index in [-0.39, 0.29) is 0 Å². The molecule has 4 heteroatoms. The molecule has 0 saturated heterocycles. The van der Waals surface area contributed by atoms with Gasteiger partial charge < -0.3 is 4.74 Å². The first-order valence-corrected chi connectivity index (χ1v) is 6.34. The Hall–Kier alpha value is -2.49. The van der Waals surface area contributed by atoms with Crippen LogP contribution in [0.3, 0.4) is 0 Å². The molecule has 98 valence electrons. The van der Waals surface area contributed by atoms with Crippen molar-refractivity contribution in [3.63, 3.8) is 0 Å². The Morgan fingerprint density at radius 2 is 1.95 bits per heavy atom. The van der Waals surface area contributed by atoms with Crippen molar-refractivity contribution in [3.8, 4) is 17.9 Å². The summed E-state index contributed by atoms with van der Waals surface area (Å²) in [7, 11) is 0. The lowest BCUT2D eigenvalue weighted by Gasteiger charge is -2.10. The molecule has 0 N–H and O–H groups in total. The van der Waals surface area contributed by atoms with Crippen LogP contribution in [0.5, 0.6) is 5.75 Å². The van der Waals surface area contributed by atoms with Gasteiger partial charge in [0.15, 0.2) is 0 Å². The normalized spacial score (nSPS) is 9.60. The zero-order valence-electron chi connectivity index (χ0n) is 10.9. The van der Waals surface area contributed by atoms with Crippen molar-refractivity contribution in [2.45, 2.75) is 13.5 Å². The minimum Gasteiger partial charge on any atom is -0.487 e. The van der Waals surface area contributed by atoms with E-state index in [0.29, 0.717) is 28.5 Å². The Bertz CT molecular complexity index is 726. The van der Waals surface area contributed by atoms with Crippen molar-refractivity contribution in [1.29, 1.82) is 10.5 Å². The minimum atomic E-state index is 0.326. The maximum Gasteiger partial charge on any atom is 0.139 e. The van der Waals surface area contributed by atoms with Crippen LogP contribution in [-0.2, 0) is 6.61 Å². The molecule has 0 aliphatic rings. The summed E-state index contributed by atoms with van der Waals surface area (Å²) in [5, 5.41) is 18.3. The molecule has 0 aliphatic carbocycles. The lowest BCUT2D eigenvalue weighted by molar-refractivity contribution is 0.304. The highest BCUT2D eigenvalue weighted by atomic mass is 35.5. The van der Waals surface area contributed by atoms with Crippen molar-refractivity contribution in [3.05, 3.63) is 63.7 Å². The second-order valence-electron chi connectivity index (χ2n) is 4.27. The number of aryl methyl sites for hydroxylation is 1. The topological polar surface area (TPSA) is 56.8 Å². The van der Waals surface area contributed by atoms with Crippen LogP contribution in [0.4, 0.5) is 0 Å². The van der Waals surface area contributed by atoms with Crippen LogP contribution in [0.2, 0.25) is 5.02 Å². The molecule has 0 radical (unpaired) electrons. The molecule has 0 atom stereocenters. The standard InChI is InChI=1S/C16H11ClN2O/c1-11-7-12(8-18)5-6-13(11)10-20-16-4-2-3-15(17)14(16)9-19/h2-7H,10H2,1H3. The summed E-state index contributed by atoms with van der Waals surface area (Å²) in [6.45, 7) is 2.25. The third kappa shape index (κ3) is 2.91. The zero-order valence-corrected chi connectivity index (χ0v) is 11.6. The summed E-state index contributed by atoms with van der Waals surface area (Å²) in [5.41, 5.74) is 2.89. The minimum absolute atomic E-state index is 0.326. The van der Waals surface area contributed by atoms with Crippen molar-refractivity contribution in [1.82, 2.24) is 0 Å². The van der Waals surface area contributed by atoms with Crippen LogP contribution in [-0.4, -0.2) is 0 Å². The van der Waals surface area contributed by atoms with E-state index in [1.54, 1.807) is 24.3 Å². The van der Waals surface area contributed by atoms with E-state index in [4.69, 9.17) is 26.9 Å². The molecular weight excluding hydrogens is 272 g/mol. The Morgan fingerprint density at radius 3 is 2.60 bits per heavy atom. The molecule has 0 spiro atoms. The van der Waals surface area contributed by atoms with Crippen molar-refractivity contribution < 1.29 is 4.74 Å². The van der Waals surface area contributed by atoms with Gasteiger partial charge in [0.25, 0.3) is 0 Å². The highest BCUT2D eigenvalue weighted by molar-refractivity contribution is 6.31. The highest BCUT2D eigenvalue weighted by Gasteiger charge is 2.08. The van der Waals surface area contributed by atoms with Crippen LogP contribution >= 0.6 is 11.6 Å². The van der Waals surface area contributed by atoms with Gasteiger partial charge in [-0.05, 0) is 42.3 Å². The molecule has 0 saturated carbocycles. The highest BCUT2D eigenvalue weighted by Crippen LogP contribution is 2.26. The SMILES string of the molecule is Cc1cc(C#N)ccc1COc1cccc(Cl)c1C#N. The third-order valence-corrected chi connectivity index (χ3v) is 3.26. The quantitative estimate of drug-likeness (QED) is 0.856. The average molecular weight is 283 g/mol. The molecule has 0 bridgehead atoms. The number of nitrogens with zero attached hydrogens (tertiary/aromatic N) is 2. The maximum absolute atomic E-state index is 9.07. The summed E-state index contributed by atoms with van der Waals surface area (Å²) in [6, 6.07) is 14.6. The van der Waals surface area contributed by atoms with Gasteiger partial charge in [-0.15, -0.1) is 0 Å². The molecule has 0 unspecified atom stereocenters. The number of hydrogen-bond acceptors (Lipinski definition) is 3. The molecule has 0 heterocycles. The monoisotopic (exact) mass is 282 g/mol. The summed E-state index contributed by atoms with van der Waals surface area (Å²) >= 11 is 5.94. The van der Waals surface area contributed by atoms with Crippen LogP contribution in [0, 0.1) is 29.6 Å². The summed E-state index contributed by atoms with van der Waals surface area (Å²) in [4.78, 5) is 0. The largest absolute Gasteiger partial charge is 0.487 e. The number of halogens is 1. The van der Waals surface area contributed by atoms with E-state index in [2.05, 4.69) is 6.07 Å². The second-order valence-corrected chi connectivity index (χ2v) is 4.67. The lowest BCUT2D eigenvalue weighted by Crippen LogP contribution is -2.00. The maximum atomic E-state index is 9.07. The lowest BCUT2D eigenvalue weighted by atomic mass is 10.1. The third-order valence-electron chi connectivity index (χ3n) is 2.94. The fraction of sp³-hybridized carbons (Fsp3) is 0.125. The van der Waals surface area contributed by atoms with Crippen LogP contribution in [0.1, 0.15) is 22.3 Å². The molecular formula is C16H11ClN2O. The van der Waals surface area contributed by atoms with Gasteiger partial charge in [-0.1, -0.05) is 23.7 Å². The van der Waals surface area contributed by atoms with Crippen molar-refractivity contribution in [2.24, 2.45) is 0 Å². The van der Waals surface area contributed by atoms with E-state index in [1.807, 2.05) is 25.1 Å². The molecule has 0 fully saturated rings. The molecule has 0 aliphatic heterocycles. The second kappa shape index (κ2) is 6.10. The van der Waals surface area contributed by atoms with Crippen molar-refractivity contribution in [2.75, 3.05) is 0 Å². The van der Waals surface area contributed by atoms with Gasteiger partial charge in [-0.25, -0.2) is 0 Å². The Labute approximate surface area is 122 Å². The molecule has 3 nitrogen and oxygen atoms in total. The summed E-state index contributed by atoms with van der Waals surface area (Å²) in [6.07, 6.45) is 0. The van der Waals surface area contributed by atoms with E-state index in [0.717, 1.165) is 11.1 Å². The summed E-state index contributed by atoms with van der Waals surface area (Å²) < 4.78 is 5.66. The molecule has 0 amide bonds. The first-order valence-electron chi connectivity index (χ1n) is 5.96. The Kier molecular flexibility index (Phi) is 4.25. The van der Waals surface area contributed by atoms with Crippen LogP contribution in [0.25, 0.3) is 0 Å². The molecule has 2 rings (SSSR count). The molecule has 0 aromatic heterocycles. The smallest absolute Gasteiger partial charge is 0.139 e. The van der Waals surface area contributed by atoms with E-state index < -0.39 is 0 Å². The average Bonchev–Trinajstić information content (AvgIpc) is 2.46. The predicted octanol–water partition coefficient (Wildman–Crippen LogP) is 3.97. The number of rotatable bonds is 3. The zero-order chi connectivity index (χ0) is 14.5. The molecule has 2 aromatic rings. The number of nitriles is 2. The van der Waals surface area contributed by atoms with Gasteiger partial charge in [0.05, 0.1) is 16.7 Å². The van der Waals surface area contributed by atoms with Gasteiger partial charge in [-0.3, -0.25) is 0 Å². The van der Waals surface area contributed by atoms with E-state index in [9.17, 15) is 0 Å². The number of hydrogen-bond donors (Lipinski definition) is 0. The summed E-state index contributed by atoms with van der Waals surface area (Å²) in [5.74, 6) is 0.462. The van der Waals surface area contributed by atoms with Crippen molar-refractivity contribution >= 4 is 11.6 Å². The fourth-order valence-electron chi connectivity index (χ4n) is 1.82. The number of ether oxygens (including phenoxy) is 1. The fourth-order valence-corrected chi connectivity index (χ4v) is 2.02. The van der Waals surface area contributed by atoms with E-state index in [1.165, 1.54) is 0 Å². The Morgan fingerprint density at radius 1 is 1.15 bits per heavy atom. The first-order chi connectivity index (χ1) is 9.65. The predicted molar refractivity (Wildman–Crippen MR) is 76.4 cm³/mol. The first kappa shape index (κ1) is 13.9. The van der Waals surface area contributed by atoms with Gasteiger partial charge in [-0.2, -0.15) is 10.5 Å². The van der Waals surface area contributed by atoms with Gasteiger partial charge in [0.1, 0.15) is 24.0 Å². The van der Waals surface area contributed by atoms with Crippen LogP contribution in [0.15, 0.2) is 36.4 Å². The van der Waals surface area contributed by atoms with Gasteiger partial charge in [0, 0.05) is 0 Å². The molecule has 20 heavy (non-hydrogen) atoms. The Balaban J connectivity index is 2.20. The van der Waals surface area contributed by atoms with Gasteiger partial charge >= 0.3 is 0 Å². The van der Waals surface area contributed by atoms with Crippen LogP contribution < -0.4 is 4.74 Å².